The molecule has 0 saturated heterocycles. The highest BCUT2D eigenvalue weighted by atomic mass is 32.1. The fourth-order valence-electron chi connectivity index (χ4n) is 1.18. The molecule has 7 heteroatoms. The van der Waals surface area contributed by atoms with E-state index in [1.807, 2.05) is 0 Å². The Morgan fingerprint density at radius 2 is 1.93 bits per heavy atom. The minimum absolute atomic E-state index is 0.0613. The van der Waals surface area contributed by atoms with Gasteiger partial charge in [0.05, 0.1) is 15.8 Å². The van der Waals surface area contributed by atoms with E-state index < -0.39 is 17.6 Å². The summed E-state index contributed by atoms with van der Waals surface area (Å²) < 4.78 is 50.2. The number of halogens is 4. The molecule has 0 bridgehead atoms. The fraction of sp³-hybridized carbons (Fsp3) is 0.125. The van der Waals surface area contributed by atoms with Crippen LogP contribution in [0.2, 0.25) is 0 Å². The Labute approximate surface area is 85.3 Å². The molecule has 2 nitrogen and oxygen atoms in total. The number of nitrogens with zero attached hydrogens (tertiary/aromatic N) is 1. The first-order chi connectivity index (χ1) is 6.88. The van der Waals surface area contributed by atoms with E-state index in [4.69, 9.17) is 5.73 Å². The van der Waals surface area contributed by atoms with E-state index in [1.54, 1.807) is 0 Å². The summed E-state index contributed by atoms with van der Waals surface area (Å²) >= 11 is 0.945. The number of anilines is 1. The van der Waals surface area contributed by atoms with Gasteiger partial charge < -0.3 is 5.73 Å². The van der Waals surface area contributed by atoms with Crippen molar-refractivity contribution < 1.29 is 17.6 Å². The first-order valence-electron chi connectivity index (χ1n) is 3.80. The maximum atomic E-state index is 13.0. The molecule has 1 heterocycles. The number of hydrogen-bond donors (Lipinski definition) is 1. The third-order valence-electron chi connectivity index (χ3n) is 1.80. The van der Waals surface area contributed by atoms with E-state index in [1.165, 1.54) is 0 Å². The normalized spacial score (nSPS) is 12.3. The average Bonchev–Trinajstić information content (AvgIpc) is 2.40. The standard InChI is InChI=1S/C8H4F4N2S/c9-4-2-6-5(14-7(13)15-6)1-3(4)8(10,11)12/h1-2H,(H2,13,14). The van der Waals surface area contributed by atoms with E-state index in [0.717, 1.165) is 17.4 Å². The highest BCUT2D eigenvalue weighted by Crippen LogP contribution is 2.35. The predicted octanol–water partition coefficient (Wildman–Crippen LogP) is 3.04. The molecule has 0 spiro atoms. The lowest BCUT2D eigenvalue weighted by atomic mass is 10.2. The van der Waals surface area contributed by atoms with Crippen LogP contribution in [0, 0.1) is 5.82 Å². The van der Waals surface area contributed by atoms with Crippen LogP contribution in [0.15, 0.2) is 12.1 Å². The summed E-state index contributed by atoms with van der Waals surface area (Å²) in [7, 11) is 0. The molecule has 0 saturated carbocycles. The van der Waals surface area contributed by atoms with E-state index in [9.17, 15) is 17.6 Å². The van der Waals surface area contributed by atoms with Crippen molar-refractivity contribution in [2.24, 2.45) is 0 Å². The van der Waals surface area contributed by atoms with Crippen LogP contribution < -0.4 is 5.73 Å². The van der Waals surface area contributed by atoms with Crippen molar-refractivity contribution in [3.63, 3.8) is 0 Å². The second kappa shape index (κ2) is 3.06. The van der Waals surface area contributed by atoms with Gasteiger partial charge in [0.15, 0.2) is 5.13 Å². The van der Waals surface area contributed by atoms with Crippen LogP contribution in [-0.2, 0) is 6.18 Å². The predicted molar refractivity (Wildman–Crippen MR) is 49.0 cm³/mol. The highest BCUT2D eigenvalue weighted by Gasteiger charge is 2.34. The Kier molecular flexibility index (Phi) is 2.07. The van der Waals surface area contributed by atoms with Crippen LogP contribution in [0.3, 0.4) is 0 Å². The first kappa shape index (κ1) is 10.2. The van der Waals surface area contributed by atoms with Crippen molar-refractivity contribution in [1.29, 1.82) is 0 Å². The number of hydrogen-bond acceptors (Lipinski definition) is 3. The molecular formula is C8H4F4N2S. The van der Waals surface area contributed by atoms with Crippen LogP contribution in [0.1, 0.15) is 5.56 Å². The molecule has 0 aliphatic carbocycles. The monoisotopic (exact) mass is 236 g/mol. The van der Waals surface area contributed by atoms with Crippen molar-refractivity contribution in [2.75, 3.05) is 5.73 Å². The number of rotatable bonds is 0. The first-order valence-corrected chi connectivity index (χ1v) is 4.62. The summed E-state index contributed by atoms with van der Waals surface area (Å²) in [5.74, 6) is -1.31. The fourth-order valence-corrected chi connectivity index (χ4v) is 1.92. The Bertz CT molecular complexity index is 517. The number of alkyl halides is 3. The van der Waals surface area contributed by atoms with Crippen LogP contribution in [-0.4, -0.2) is 4.98 Å². The van der Waals surface area contributed by atoms with Gasteiger partial charge in [-0.25, -0.2) is 9.37 Å². The van der Waals surface area contributed by atoms with Crippen molar-refractivity contribution in [2.45, 2.75) is 6.18 Å². The molecule has 0 aliphatic heterocycles. The molecule has 1 aromatic heterocycles. The zero-order valence-electron chi connectivity index (χ0n) is 7.10. The molecule has 0 unspecified atom stereocenters. The summed E-state index contributed by atoms with van der Waals surface area (Å²) in [4.78, 5) is 3.66. The molecule has 1 aromatic carbocycles. The van der Waals surface area contributed by atoms with Crippen molar-refractivity contribution in [3.05, 3.63) is 23.5 Å². The SMILES string of the molecule is Nc1nc2cc(C(F)(F)F)c(F)cc2s1. The number of aromatic nitrogens is 1. The Morgan fingerprint density at radius 1 is 1.27 bits per heavy atom. The van der Waals surface area contributed by atoms with Gasteiger partial charge in [-0.2, -0.15) is 13.2 Å². The molecule has 0 fully saturated rings. The second-order valence-electron chi connectivity index (χ2n) is 2.85. The molecule has 2 aromatic rings. The third kappa shape index (κ3) is 1.74. The average molecular weight is 236 g/mol. The maximum Gasteiger partial charge on any atom is 0.419 e. The largest absolute Gasteiger partial charge is 0.419 e. The lowest BCUT2D eigenvalue weighted by Crippen LogP contribution is -2.07. The maximum absolute atomic E-state index is 13.0. The van der Waals surface area contributed by atoms with Crippen molar-refractivity contribution in [3.8, 4) is 0 Å². The molecule has 80 valence electrons. The van der Waals surface area contributed by atoms with Crippen LogP contribution in [0.4, 0.5) is 22.7 Å². The van der Waals surface area contributed by atoms with E-state index in [2.05, 4.69) is 4.98 Å². The van der Waals surface area contributed by atoms with Crippen molar-refractivity contribution >= 4 is 26.7 Å². The quantitative estimate of drug-likeness (QED) is 0.714. The van der Waals surface area contributed by atoms with Gasteiger partial charge in [-0.05, 0) is 12.1 Å². The van der Waals surface area contributed by atoms with E-state index in [-0.39, 0.29) is 10.6 Å². The topological polar surface area (TPSA) is 38.9 Å². The molecule has 0 aliphatic rings. The van der Waals surface area contributed by atoms with Gasteiger partial charge >= 0.3 is 6.18 Å². The number of nitrogen functional groups attached to an aromatic ring is 1. The Morgan fingerprint density at radius 3 is 2.53 bits per heavy atom. The van der Waals surface area contributed by atoms with Crippen LogP contribution in [0.5, 0.6) is 0 Å². The smallest absolute Gasteiger partial charge is 0.375 e. The lowest BCUT2D eigenvalue weighted by Gasteiger charge is -2.06. The summed E-state index contributed by atoms with van der Waals surface area (Å²) in [5, 5.41) is 0.115. The summed E-state index contributed by atoms with van der Waals surface area (Å²) in [6, 6.07) is 1.46. The van der Waals surface area contributed by atoms with Gasteiger partial charge in [-0.1, -0.05) is 11.3 Å². The summed E-state index contributed by atoms with van der Waals surface area (Å²) in [6.07, 6.45) is -4.71. The minimum atomic E-state index is -4.71. The zero-order chi connectivity index (χ0) is 11.2. The number of thiazole rings is 1. The highest BCUT2D eigenvalue weighted by molar-refractivity contribution is 7.22. The van der Waals surface area contributed by atoms with Gasteiger partial charge in [0.2, 0.25) is 0 Å². The molecular weight excluding hydrogens is 232 g/mol. The van der Waals surface area contributed by atoms with E-state index >= 15 is 0 Å². The molecule has 0 amide bonds. The molecule has 0 atom stereocenters. The molecule has 0 radical (unpaired) electrons. The molecule has 15 heavy (non-hydrogen) atoms. The third-order valence-corrected chi connectivity index (χ3v) is 2.65. The zero-order valence-corrected chi connectivity index (χ0v) is 7.92. The Hall–Kier alpha value is -1.37. The number of fused-ring (bicyclic) bond motifs is 1. The Balaban J connectivity index is 2.72. The number of nitrogens with two attached hydrogens (primary N) is 1. The van der Waals surface area contributed by atoms with Crippen LogP contribution >= 0.6 is 11.3 Å². The van der Waals surface area contributed by atoms with Crippen molar-refractivity contribution in [1.82, 2.24) is 4.98 Å². The summed E-state index contributed by atoms with van der Waals surface area (Å²) in [6.45, 7) is 0. The minimum Gasteiger partial charge on any atom is -0.375 e. The number of benzene rings is 1. The summed E-state index contributed by atoms with van der Waals surface area (Å²) in [5.41, 5.74) is 4.05. The van der Waals surface area contributed by atoms with E-state index in [0.29, 0.717) is 10.8 Å². The van der Waals surface area contributed by atoms with Gasteiger partial charge in [-0.15, -0.1) is 0 Å². The second-order valence-corrected chi connectivity index (χ2v) is 3.91. The molecule has 2 N–H and O–H groups in total. The van der Waals surface area contributed by atoms with Crippen LogP contribution in [0.25, 0.3) is 10.2 Å². The van der Waals surface area contributed by atoms with Gasteiger partial charge in [0.25, 0.3) is 0 Å². The molecule has 2 rings (SSSR count). The van der Waals surface area contributed by atoms with Gasteiger partial charge in [0.1, 0.15) is 5.82 Å². The van der Waals surface area contributed by atoms with Gasteiger partial charge in [-0.3, -0.25) is 0 Å². The van der Waals surface area contributed by atoms with Gasteiger partial charge in [0, 0.05) is 0 Å². The lowest BCUT2D eigenvalue weighted by molar-refractivity contribution is -0.139.